The molecule has 0 saturated carbocycles. The number of hydrogen-bond donors (Lipinski definition) is 2. The molecule has 174 valence electrons. The number of rotatable bonds is 5. The number of benzene rings is 1. The lowest BCUT2D eigenvalue weighted by atomic mass is 10.1. The summed E-state index contributed by atoms with van der Waals surface area (Å²) in [6.45, 7) is 3.04. The van der Waals surface area contributed by atoms with Crippen LogP contribution in [0.15, 0.2) is 61.1 Å². The molecule has 0 unspecified atom stereocenters. The van der Waals surface area contributed by atoms with Crippen LogP contribution >= 0.6 is 0 Å². The molecule has 9 heteroatoms. The molecule has 3 amide bonds. The lowest BCUT2D eigenvalue weighted by Gasteiger charge is -2.26. The zero-order valence-corrected chi connectivity index (χ0v) is 18.7. The molecule has 2 aliphatic heterocycles. The van der Waals surface area contributed by atoms with E-state index in [2.05, 4.69) is 20.6 Å². The zero-order valence-electron chi connectivity index (χ0n) is 18.7. The molecule has 9 nitrogen and oxygen atoms in total. The smallest absolute Gasteiger partial charge is 0.322 e. The van der Waals surface area contributed by atoms with Crippen LogP contribution in [-0.2, 0) is 9.53 Å². The molecule has 2 aliphatic rings. The fraction of sp³-hybridized carbons (Fsp3) is 0.280. The molecule has 34 heavy (non-hydrogen) atoms. The highest BCUT2D eigenvalue weighted by atomic mass is 16.5. The van der Waals surface area contributed by atoms with Gasteiger partial charge in [0.2, 0.25) is 5.91 Å². The molecule has 0 spiro atoms. The topological polar surface area (TPSA) is 99.7 Å². The number of pyridine rings is 2. The molecule has 2 fully saturated rings. The van der Waals surface area contributed by atoms with E-state index in [-0.39, 0.29) is 11.9 Å². The minimum absolute atomic E-state index is 0.162. The molecule has 1 aromatic carbocycles. The van der Waals surface area contributed by atoms with Gasteiger partial charge in [-0.05, 0) is 42.3 Å². The second-order valence-corrected chi connectivity index (χ2v) is 8.24. The van der Waals surface area contributed by atoms with Crippen LogP contribution in [0.1, 0.15) is 12.8 Å². The van der Waals surface area contributed by atoms with Gasteiger partial charge in [-0.2, -0.15) is 0 Å². The van der Waals surface area contributed by atoms with Gasteiger partial charge in [0.25, 0.3) is 0 Å². The first kappa shape index (κ1) is 21.8. The van der Waals surface area contributed by atoms with Gasteiger partial charge in [0.1, 0.15) is 5.82 Å². The number of anilines is 4. The number of amides is 3. The van der Waals surface area contributed by atoms with Crippen molar-refractivity contribution >= 4 is 34.8 Å². The van der Waals surface area contributed by atoms with Crippen molar-refractivity contribution < 1.29 is 14.3 Å². The monoisotopic (exact) mass is 458 g/mol. The summed E-state index contributed by atoms with van der Waals surface area (Å²) >= 11 is 0. The van der Waals surface area contributed by atoms with E-state index in [1.807, 2.05) is 47.4 Å². The molecule has 0 bridgehead atoms. The summed E-state index contributed by atoms with van der Waals surface area (Å²) in [7, 11) is 0. The normalized spacial score (nSPS) is 15.9. The Morgan fingerprint density at radius 2 is 1.68 bits per heavy atom. The third-order valence-corrected chi connectivity index (χ3v) is 5.91. The summed E-state index contributed by atoms with van der Waals surface area (Å²) in [6, 6.07) is 13.5. The average Bonchev–Trinajstić information content (AvgIpc) is 3.31. The Labute approximate surface area is 197 Å². The Kier molecular flexibility index (Phi) is 6.35. The first-order valence-corrected chi connectivity index (χ1v) is 11.4. The lowest BCUT2D eigenvalue weighted by molar-refractivity contribution is -0.117. The Hall–Kier alpha value is -3.98. The van der Waals surface area contributed by atoms with Crippen LogP contribution in [0.2, 0.25) is 0 Å². The Morgan fingerprint density at radius 1 is 0.912 bits per heavy atom. The average molecular weight is 459 g/mol. The van der Waals surface area contributed by atoms with Crippen molar-refractivity contribution in [1.29, 1.82) is 0 Å². The second kappa shape index (κ2) is 9.88. The standard InChI is InChI=1S/C25H26N6O3/c32-24-2-1-9-31(24)22-6-3-18(4-7-22)19-5-8-23(27-15-19)28-20-14-21(17-26-16-20)29-25(33)30-10-12-34-13-11-30/h3-8,14-17H,1-2,9-13H2,(H,27,28)(H,29,33). The van der Waals surface area contributed by atoms with Crippen molar-refractivity contribution in [3.05, 3.63) is 61.1 Å². The van der Waals surface area contributed by atoms with E-state index in [0.29, 0.717) is 44.2 Å². The summed E-state index contributed by atoms with van der Waals surface area (Å²) in [5.41, 5.74) is 4.28. The predicted molar refractivity (Wildman–Crippen MR) is 130 cm³/mol. The van der Waals surface area contributed by atoms with Gasteiger partial charge in [-0.3, -0.25) is 9.78 Å². The number of morpholine rings is 1. The van der Waals surface area contributed by atoms with Crippen molar-refractivity contribution in [2.45, 2.75) is 12.8 Å². The summed E-state index contributed by atoms with van der Waals surface area (Å²) in [4.78, 5) is 36.6. The summed E-state index contributed by atoms with van der Waals surface area (Å²) in [5.74, 6) is 0.852. The number of nitrogens with one attached hydrogen (secondary N) is 2. The van der Waals surface area contributed by atoms with Crippen LogP contribution in [0.5, 0.6) is 0 Å². The summed E-state index contributed by atoms with van der Waals surface area (Å²) in [6.07, 6.45) is 6.63. The van der Waals surface area contributed by atoms with Gasteiger partial charge in [-0.25, -0.2) is 9.78 Å². The highest BCUT2D eigenvalue weighted by molar-refractivity contribution is 5.95. The van der Waals surface area contributed by atoms with E-state index in [9.17, 15) is 9.59 Å². The maximum absolute atomic E-state index is 12.4. The molecule has 5 rings (SSSR count). The number of nitrogens with zero attached hydrogens (tertiary/aromatic N) is 4. The molecular formula is C25H26N6O3. The van der Waals surface area contributed by atoms with E-state index in [0.717, 1.165) is 35.5 Å². The number of carbonyl (C=O) groups excluding carboxylic acids is 2. The first-order chi connectivity index (χ1) is 16.7. The maximum Gasteiger partial charge on any atom is 0.322 e. The molecule has 2 N–H and O–H groups in total. The molecule has 4 heterocycles. The van der Waals surface area contributed by atoms with E-state index in [4.69, 9.17) is 4.74 Å². The maximum atomic E-state index is 12.4. The van der Waals surface area contributed by atoms with E-state index >= 15 is 0 Å². The van der Waals surface area contributed by atoms with Crippen LogP contribution in [-0.4, -0.2) is 59.7 Å². The van der Waals surface area contributed by atoms with Gasteiger partial charge in [0.05, 0.1) is 37.0 Å². The molecule has 0 atom stereocenters. The highest BCUT2D eigenvalue weighted by Crippen LogP contribution is 2.27. The van der Waals surface area contributed by atoms with Crippen LogP contribution < -0.4 is 15.5 Å². The summed E-state index contributed by atoms with van der Waals surface area (Å²) in [5, 5.41) is 6.10. The number of carbonyl (C=O) groups is 2. The van der Waals surface area contributed by atoms with Crippen LogP contribution in [0.3, 0.4) is 0 Å². The Bertz CT molecular complexity index is 1160. The largest absolute Gasteiger partial charge is 0.378 e. The van der Waals surface area contributed by atoms with Crippen LogP contribution in [0.25, 0.3) is 11.1 Å². The molecule has 0 radical (unpaired) electrons. The lowest BCUT2D eigenvalue weighted by Crippen LogP contribution is -2.43. The van der Waals surface area contributed by atoms with E-state index in [1.165, 1.54) is 0 Å². The van der Waals surface area contributed by atoms with Crippen LogP contribution in [0.4, 0.5) is 27.7 Å². The SMILES string of the molecule is O=C(Nc1cncc(Nc2ccc(-c3ccc(N4CCCC4=O)cc3)cn2)c1)N1CCOCC1. The van der Waals surface area contributed by atoms with Crippen molar-refractivity contribution in [3.63, 3.8) is 0 Å². The molecule has 3 aromatic rings. The van der Waals surface area contributed by atoms with Gasteiger partial charge in [-0.15, -0.1) is 0 Å². The number of aromatic nitrogens is 2. The zero-order chi connectivity index (χ0) is 23.3. The second-order valence-electron chi connectivity index (χ2n) is 8.24. The first-order valence-electron chi connectivity index (χ1n) is 11.4. The van der Waals surface area contributed by atoms with Gasteiger partial charge < -0.3 is 25.2 Å². The molecule has 2 saturated heterocycles. The van der Waals surface area contributed by atoms with Gasteiger partial charge >= 0.3 is 6.03 Å². The summed E-state index contributed by atoms with van der Waals surface area (Å²) < 4.78 is 5.29. The van der Waals surface area contributed by atoms with Crippen molar-refractivity contribution in [2.75, 3.05) is 48.4 Å². The van der Waals surface area contributed by atoms with Gasteiger partial charge in [-0.1, -0.05) is 12.1 Å². The van der Waals surface area contributed by atoms with Gasteiger partial charge in [0.15, 0.2) is 0 Å². The third-order valence-electron chi connectivity index (χ3n) is 5.91. The van der Waals surface area contributed by atoms with Crippen molar-refractivity contribution in [3.8, 4) is 11.1 Å². The fourth-order valence-electron chi connectivity index (χ4n) is 4.09. The number of urea groups is 1. The fourth-order valence-corrected chi connectivity index (χ4v) is 4.09. The third kappa shape index (κ3) is 4.99. The number of hydrogen-bond acceptors (Lipinski definition) is 6. The Balaban J connectivity index is 1.22. The molecule has 2 aromatic heterocycles. The van der Waals surface area contributed by atoms with E-state index in [1.54, 1.807) is 23.5 Å². The highest BCUT2D eigenvalue weighted by Gasteiger charge is 2.21. The quantitative estimate of drug-likeness (QED) is 0.602. The predicted octanol–water partition coefficient (Wildman–Crippen LogP) is 3.88. The minimum atomic E-state index is -0.162. The minimum Gasteiger partial charge on any atom is -0.378 e. The van der Waals surface area contributed by atoms with Crippen LogP contribution in [0, 0.1) is 0 Å². The van der Waals surface area contributed by atoms with Gasteiger partial charge in [0, 0.05) is 43.5 Å². The van der Waals surface area contributed by atoms with Crippen molar-refractivity contribution in [2.24, 2.45) is 0 Å². The molecular weight excluding hydrogens is 432 g/mol. The van der Waals surface area contributed by atoms with E-state index < -0.39 is 0 Å². The Morgan fingerprint density at radius 3 is 2.38 bits per heavy atom. The van der Waals surface area contributed by atoms with Crippen molar-refractivity contribution in [1.82, 2.24) is 14.9 Å². The number of ether oxygens (including phenoxy) is 1. The molecule has 0 aliphatic carbocycles.